The molecule has 1 aromatic heterocycles. The van der Waals surface area contributed by atoms with E-state index >= 15 is 0 Å². The molecule has 1 aromatic carbocycles. The van der Waals surface area contributed by atoms with E-state index in [2.05, 4.69) is 6.07 Å². The van der Waals surface area contributed by atoms with E-state index in [4.69, 9.17) is 10.4 Å². The lowest BCUT2D eigenvalue weighted by molar-refractivity contribution is 0.0699. The molecule has 0 fully saturated rings. The van der Waals surface area contributed by atoms with Crippen LogP contribution in [0.15, 0.2) is 30.5 Å². The van der Waals surface area contributed by atoms with Crippen molar-refractivity contribution < 1.29 is 9.90 Å². The second kappa shape index (κ2) is 3.70. The Morgan fingerprint density at radius 2 is 2.25 bits per heavy atom. The van der Waals surface area contributed by atoms with Gasteiger partial charge in [-0.25, -0.2) is 4.79 Å². The number of carboxylic acids is 1. The summed E-state index contributed by atoms with van der Waals surface area (Å²) in [6, 6.07) is 8.61. The molecule has 0 aliphatic rings. The number of carboxylic acid groups (broad SMARTS) is 1. The molecule has 1 unspecified atom stereocenters. The zero-order valence-electron chi connectivity index (χ0n) is 8.71. The van der Waals surface area contributed by atoms with Crippen molar-refractivity contribution in [1.82, 2.24) is 4.57 Å². The standard InChI is InChI=1S/C12H10N2O2/c1-8(7-13)14-6-5-9-10(12(15)16)3-2-4-11(9)14/h2-6,8H,1H3,(H,15,16). The summed E-state index contributed by atoms with van der Waals surface area (Å²) in [6.07, 6.45) is 1.74. The molecule has 0 aliphatic carbocycles. The van der Waals surface area contributed by atoms with Crippen LogP contribution in [0.3, 0.4) is 0 Å². The summed E-state index contributed by atoms with van der Waals surface area (Å²) in [7, 11) is 0. The van der Waals surface area contributed by atoms with E-state index < -0.39 is 5.97 Å². The van der Waals surface area contributed by atoms with Gasteiger partial charge in [0, 0.05) is 17.1 Å². The number of benzene rings is 1. The smallest absolute Gasteiger partial charge is 0.336 e. The normalized spacial score (nSPS) is 12.2. The van der Waals surface area contributed by atoms with Crippen LogP contribution in [-0.2, 0) is 0 Å². The van der Waals surface area contributed by atoms with Crippen LogP contribution >= 0.6 is 0 Å². The number of hydrogen-bond donors (Lipinski definition) is 1. The van der Waals surface area contributed by atoms with Gasteiger partial charge in [-0.05, 0) is 25.1 Å². The molecule has 1 N–H and O–H groups in total. The minimum atomic E-state index is -0.951. The molecule has 2 aromatic rings. The van der Waals surface area contributed by atoms with Gasteiger partial charge in [-0.15, -0.1) is 0 Å². The van der Waals surface area contributed by atoms with E-state index in [1.165, 1.54) is 0 Å². The van der Waals surface area contributed by atoms with Gasteiger partial charge in [-0.1, -0.05) is 6.07 Å². The van der Waals surface area contributed by atoms with Gasteiger partial charge in [0.1, 0.15) is 6.04 Å². The minimum Gasteiger partial charge on any atom is -0.478 e. The second-order valence-corrected chi connectivity index (χ2v) is 3.57. The third kappa shape index (κ3) is 1.43. The van der Waals surface area contributed by atoms with Gasteiger partial charge in [-0.3, -0.25) is 0 Å². The Morgan fingerprint density at radius 1 is 1.50 bits per heavy atom. The predicted molar refractivity (Wildman–Crippen MR) is 59.2 cm³/mol. The Bertz CT molecular complexity index is 593. The highest BCUT2D eigenvalue weighted by molar-refractivity contribution is 6.03. The Kier molecular flexibility index (Phi) is 2.37. The summed E-state index contributed by atoms with van der Waals surface area (Å²) < 4.78 is 1.77. The second-order valence-electron chi connectivity index (χ2n) is 3.57. The van der Waals surface area contributed by atoms with Gasteiger partial charge in [0.15, 0.2) is 0 Å². The van der Waals surface area contributed by atoms with E-state index in [1.54, 1.807) is 35.9 Å². The molecule has 4 nitrogen and oxygen atoms in total. The average molecular weight is 214 g/mol. The number of hydrogen-bond acceptors (Lipinski definition) is 2. The summed E-state index contributed by atoms with van der Waals surface area (Å²) in [5.41, 5.74) is 1.04. The molecule has 2 rings (SSSR count). The van der Waals surface area contributed by atoms with Crippen LogP contribution in [0.5, 0.6) is 0 Å². The number of rotatable bonds is 2. The predicted octanol–water partition coefficient (Wildman–Crippen LogP) is 2.42. The zero-order chi connectivity index (χ0) is 11.7. The van der Waals surface area contributed by atoms with Gasteiger partial charge >= 0.3 is 5.97 Å². The molecule has 0 saturated carbocycles. The molecular formula is C12H10N2O2. The molecule has 80 valence electrons. The lowest BCUT2D eigenvalue weighted by Crippen LogP contribution is -2.01. The summed E-state index contributed by atoms with van der Waals surface area (Å²) in [4.78, 5) is 11.0. The Morgan fingerprint density at radius 3 is 2.88 bits per heavy atom. The molecule has 16 heavy (non-hydrogen) atoms. The molecule has 0 amide bonds. The van der Waals surface area contributed by atoms with Crippen LogP contribution in [0.1, 0.15) is 23.3 Å². The third-order valence-corrected chi connectivity index (χ3v) is 2.60. The van der Waals surface area contributed by atoms with Crippen LogP contribution in [0, 0.1) is 11.3 Å². The maximum absolute atomic E-state index is 11.0. The number of aromatic carboxylic acids is 1. The highest BCUT2D eigenvalue weighted by Crippen LogP contribution is 2.23. The molecule has 1 atom stereocenters. The van der Waals surface area contributed by atoms with Crippen LogP contribution in [0.25, 0.3) is 10.9 Å². The van der Waals surface area contributed by atoms with E-state index in [-0.39, 0.29) is 11.6 Å². The fourth-order valence-electron chi connectivity index (χ4n) is 1.77. The fraction of sp³-hybridized carbons (Fsp3) is 0.167. The Labute approximate surface area is 92.3 Å². The van der Waals surface area contributed by atoms with Crippen molar-refractivity contribution in [2.45, 2.75) is 13.0 Å². The SMILES string of the molecule is CC(C#N)n1ccc2c(C(=O)O)cccc21. The molecule has 0 saturated heterocycles. The number of carbonyl (C=O) groups is 1. The number of nitrogens with zero attached hydrogens (tertiary/aromatic N) is 2. The van der Waals surface area contributed by atoms with Crippen molar-refractivity contribution in [3.05, 3.63) is 36.0 Å². The Balaban J connectivity index is 2.72. The average Bonchev–Trinajstić information content (AvgIpc) is 2.71. The lowest BCUT2D eigenvalue weighted by Gasteiger charge is -2.07. The zero-order valence-corrected chi connectivity index (χ0v) is 8.71. The molecule has 0 radical (unpaired) electrons. The fourth-order valence-corrected chi connectivity index (χ4v) is 1.77. The highest BCUT2D eigenvalue weighted by atomic mass is 16.4. The quantitative estimate of drug-likeness (QED) is 0.834. The topological polar surface area (TPSA) is 66.0 Å². The van der Waals surface area contributed by atoms with Gasteiger partial charge in [-0.2, -0.15) is 5.26 Å². The van der Waals surface area contributed by atoms with Gasteiger partial charge < -0.3 is 9.67 Å². The van der Waals surface area contributed by atoms with Crippen molar-refractivity contribution in [2.75, 3.05) is 0 Å². The monoisotopic (exact) mass is 214 g/mol. The summed E-state index contributed by atoms with van der Waals surface area (Å²) in [5.74, 6) is -0.951. The van der Waals surface area contributed by atoms with E-state index in [9.17, 15) is 4.79 Å². The van der Waals surface area contributed by atoms with Gasteiger partial charge in [0.05, 0.1) is 11.6 Å². The van der Waals surface area contributed by atoms with Crippen molar-refractivity contribution in [3.63, 3.8) is 0 Å². The van der Waals surface area contributed by atoms with Crippen LogP contribution in [-0.4, -0.2) is 15.6 Å². The van der Waals surface area contributed by atoms with Gasteiger partial charge in [0.25, 0.3) is 0 Å². The molecule has 0 spiro atoms. The van der Waals surface area contributed by atoms with E-state index in [1.807, 2.05) is 6.07 Å². The summed E-state index contributed by atoms with van der Waals surface area (Å²) >= 11 is 0. The van der Waals surface area contributed by atoms with Crippen LogP contribution in [0.2, 0.25) is 0 Å². The molecule has 0 bridgehead atoms. The summed E-state index contributed by atoms with van der Waals surface area (Å²) in [6.45, 7) is 1.77. The third-order valence-electron chi connectivity index (χ3n) is 2.60. The van der Waals surface area contributed by atoms with Gasteiger partial charge in [0.2, 0.25) is 0 Å². The molecule has 1 heterocycles. The largest absolute Gasteiger partial charge is 0.478 e. The minimum absolute atomic E-state index is 0.265. The first kappa shape index (κ1) is 10.2. The van der Waals surface area contributed by atoms with E-state index in [0.717, 1.165) is 5.52 Å². The van der Waals surface area contributed by atoms with Crippen molar-refractivity contribution >= 4 is 16.9 Å². The first-order valence-electron chi connectivity index (χ1n) is 4.87. The summed E-state index contributed by atoms with van der Waals surface area (Å²) in [5, 5.41) is 18.5. The lowest BCUT2D eigenvalue weighted by atomic mass is 10.1. The number of aromatic nitrogens is 1. The van der Waals surface area contributed by atoms with Crippen molar-refractivity contribution in [3.8, 4) is 6.07 Å². The number of nitriles is 1. The first-order valence-corrected chi connectivity index (χ1v) is 4.87. The van der Waals surface area contributed by atoms with Crippen molar-refractivity contribution in [2.24, 2.45) is 0 Å². The highest BCUT2D eigenvalue weighted by Gasteiger charge is 2.12. The Hall–Kier alpha value is -2.28. The molecule has 4 heteroatoms. The van der Waals surface area contributed by atoms with Crippen LogP contribution < -0.4 is 0 Å². The first-order chi connectivity index (χ1) is 7.65. The van der Waals surface area contributed by atoms with Crippen LogP contribution in [0.4, 0.5) is 0 Å². The molecular weight excluding hydrogens is 204 g/mol. The van der Waals surface area contributed by atoms with Crippen molar-refractivity contribution in [1.29, 1.82) is 5.26 Å². The molecule has 0 aliphatic heterocycles. The maximum Gasteiger partial charge on any atom is 0.336 e. The maximum atomic E-state index is 11.0. The number of fused-ring (bicyclic) bond motifs is 1. The van der Waals surface area contributed by atoms with E-state index in [0.29, 0.717) is 5.39 Å².